The van der Waals surface area contributed by atoms with Gasteiger partial charge in [0.2, 0.25) is 0 Å². The summed E-state index contributed by atoms with van der Waals surface area (Å²) in [5, 5.41) is 9.42. The Morgan fingerprint density at radius 2 is 1.71 bits per heavy atom. The van der Waals surface area contributed by atoms with Crippen LogP contribution in [0.25, 0.3) is 0 Å². The third kappa shape index (κ3) is 7.37. The Labute approximate surface area is 106 Å². The number of carbonyl (C=O) groups is 1. The average Bonchev–Trinajstić information content (AvgIpc) is 2.20. The first-order chi connectivity index (χ1) is 7.64. The molecule has 0 spiro atoms. The highest BCUT2D eigenvalue weighted by Gasteiger charge is 2.26. The van der Waals surface area contributed by atoms with Crippen molar-refractivity contribution in [3.05, 3.63) is 0 Å². The molecule has 0 aliphatic heterocycles. The lowest BCUT2D eigenvalue weighted by Gasteiger charge is -2.20. The molecule has 1 N–H and O–H groups in total. The summed E-state index contributed by atoms with van der Waals surface area (Å²) in [5.74, 6) is 1.20. The molecule has 0 heterocycles. The van der Waals surface area contributed by atoms with Gasteiger partial charge in [-0.2, -0.15) is 0 Å². The fourth-order valence-electron chi connectivity index (χ4n) is 1.36. The van der Waals surface area contributed by atoms with E-state index in [0.717, 1.165) is 12.8 Å². The van der Waals surface area contributed by atoms with Crippen LogP contribution in [0.4, 0.5) is 0 Å². The number of ether oxygens (including phenoxy) is 1. The van der Waals surface area contributed by atoms with Gasteiger partial charge in [0.1, 0.15) is 0 Å². The van der Waals surface area contributed by atoms with Crippen molar-refractivity contribution in [2.45, 2.75) is 60.0 Å². The molecule has 0 aromatic heterocycles. The number of esters is 1. The minimum atomic E-state index is -1.38. The molecule has 0 aromatic carbocycles. The van der Waals surface area contributed by atoms with Crippen molar-refractivity contribution in [3.8, 4) is 0 Å². The summed E-state index contributed by atoms with van der Waals surface area (Å²) in [6.45, 7) is 12.1. The Kier molecular flexibility index (Phi) is 6.76. The first-order valence-corrected chi connectivity index (χ1v) is 6.54. The first-order valence-electron chi connectivity index (χ1n) is 6.54. The second-order valence-corrected chi connectivity index (χ2v) is 6.06. The van der Waals surface area contributed by atoms with Gasteiger partial charge in [0.15, 0.2) is 5.60 Å². The van der Waals surface area contributed by atoms with Gasteiger partial charge >= 0.3 is 5.97 Å². The highest BCUT2D eigenvalue weighted by Crippen LogP contribution is 2.19. The van der Waals surface area contributed by atoms with Gasteiger partial charge in [0.05, 0.1) is 6.61 Å². The molecule has 0 rings (SSSR count). The van der Waals surface area contributed by atoms with Crippen LogP contribution in [-0.2, 0) is 9.53 Å². The molecule has 17 heavy (non-hydrogen) atoms. The van der Waals surface area contributed by atoms with Gasteiger partial charge in [-0.05, 0) is 38.0 Å². The van der Waals surface area contributed by atoms with Gasteiger partial charge < -0.3 is 9.84 Å². The zero-order valence-corrected chi connectivity index (χ0v) is 12.1. The Bertz CT molecular complexity index is 228. The summed E-state index contributed by atoms with van der Waals surface area (Å²) >= 11 is 0. The van der Waals surface area contributed by atoms with Crippen LogP contribution in [0.5, 0.6) is 0 Å². The number of hydrogen-bond acceptors (Lipinski definition) is 3. The van der Waals surface area contributed by atoms with Crippen molar-refractivity contribution in [3.63, 3.8) is 0 Å². The van der Waals surface area contributed by atoms with E-state index in [9.17, 15) is 9.90 Å². The highest BCUT2D eigenvalue weighted by molar-refractivity contribution is 5.78. The first kappa shape index (κ1) is 16.4. The molecular formula is C14H28O3. The van der Waals surface area contributed by atoms with E-state index in [1.54, 1.807) is 0 Å². The number of aliphatic hydroxyl groups is 1. The Hall–Kier alpha value is -0.570. The van der Waals surface area contributed by atoms with E-state index in [4.69, 9.17) is 4.74 Å². The van der Waals surface area contributed by atoms with Crippen LogP contribution in [0.3, 0.4) is 0 Å². The van der Waals surface area contributed by atoms with Crippen molar-refractivity contribution in [1.29, 1.82) is 0 Å². The lowest BCUT2D eigenvalue weighted by molar-refractivity contribution is -0.163. The molecule has 2 unspecified atom stereocenters. The summed E-state index contributed by atoms with van der Waals surface area (Å²) in [5.41, 5.74) is -1.38. The molecule has 2 atom stereocenters. The summed E-state index contributed by atoms with van der Waals surface area (Å²) in [6, 6.07) is 0. The molecular weight excluding hydrogens is 216 g/mol. The SMILES string of the molecule is CC(CCC(C)C(C)C)COC(=O)C(C)(C)O. The lowest BCUT2D eigenvalue weighted by Crippen LogP contribution is -2.34. The molecule has 0 saturated heterocycles. The van der Waals surface area contributed by atoms with Crippen LogP contribution < -0.4 is 0 Å². The van der Waals surface area contributed by atoms with Crippen molar-refractivity contribution in [1.82, 2.24) is 0 Å². The molecule has 0 aliphatic carbocycles. The molecule has 3 nitrogen and oxygen atoms in total. The number of hydrogen-bond donors (Lipinski definition) is 1. The van der Waals surface area contributed by atoms with Crippen molar-refractivity contribution < 1.29 is 14.6 Å². The largest absolute Gasteiger partial charge is 0.463 e. The van der Waals surface area contributed by atoms with E-state index in [1.165, 1.54) is 13.8 Å². The van der Waals surface area contributed by atoms with Gasteiger partial charge in [0, 0.05) is 0 Å². The number of carbonyl (C=O) groups excluding carboxylic acids is 1. The zero-order chi connectivity index (χ0) is 13.6. The van der Waals surface area contributed by atoms with Gasteiger partial charge in [-0.25, -0.2) is 4.79 Å². The molecule has 0 bridgehead atoms. The second-order valence-electron chi connectivity index (χ2n) is 6.06. The van der Waals surface area contributed by atoms with Gasteiger partial charge in [-0.1, -0.05) is 34.1 Å². The minimum absolute atomic E-state index is 0.350. The van der Waals surface area contributed by atoms with Crippen LogP contribution in [0.2, 0.25) is 0 Å². The predicted octanol–water partition coefficient (Wildman–Crippen LogP) is 3.01. The Balaban J connectivity index is 3.81. The van der Waals surface area contributed by atoms with Gasteiger partial charge in [0.25, 0.3) is 0 Å². The fraction of sp³-hybridized carbons (Fsp3) is 0.929. The maximum Gasteiger partial charge on any atom is 0.337 e. The maximum absolute atomic E-state index is 11.3. The molecule has 102 valence electrons. The van der Waals surface area contributed by atoms with E-state index >= 15 is 0 Å². The maximum atomic E-state index is 11.3. The third-order valence-electron chi connectivity index (χ3n) is 3.25. The molecule has 0 fully saturated rings. The van der Waals surface area contributed by atoms with Gasteiger partial charge in [-0.15, -0.1) is 0 Å². The smallest absolute Gasteiger partial charge is 0.337 e. The molecule has 0 aliphatic rings. The summed E-state index contributed by atoms with van der Waals surface area (Å²) in [4.78, 5) is 11.3. The minimum Gasteiger partial charge on any atom is -0.463 e. The van der Waals surface area contributed by atoms with Crippen molar-refractivity contribution in [2.24, 2.45) is 17.8 Å². The van der Waals surface area contributed by atoms with Crippen LogP contribution in [0, 0.1) is 17.8 Å². The molecule has 0 amide bonds. The summed E-state index contributed by atoms with van der Waals surface area (Å²) < 4.78 is 5.07. The zero-order valence-electron chi connectivity index (χ0n) is 12.1. The van der Waals surface area contributed by atoms with E-state index < -0.39 is 11.6 Å². The Morgan fingerprint density at radius 1 is 1.18 bits per heavy atom. The van der Waals surface area contributed by atoms with Crippen LogP contribution >= 0.6 is 0 Å². The van der Waals surface area contributed by atoms with E-state index in [-0.39, 0.29) is 0 Å². The fourth-order valence-corrected chi connectivity index (χ4v) is 1.36. The normalized spacial score (nSPS) is 15.8. The second kappa shape index (κ2) is 7.00. The van der Waals surface area contributed by atoms with E-state index in [0.29, 0.717) is 24.4 Å². The Morgan fingerprint density at radius 3 is 2.12 bits per heavy atom. The van der Waals surface area contributed by atoms with Crippen LogP contribution in [0.15, 0.2) is 0 Å². The molecule has 3 heteroatoms. The topological polar surface area (TPSA) is 46.5 Å². The molecule has 0 aromatic rings. The quantitative estimate of drug-likeness (QED) is 0.700. The third-order valence-corrected chi connectivity index (χ3v) is 3.25. The number of rotatable bonds is 7. The van der Waals surface area contributed by atoms with Crippen LogP contribution in [0.1, 0.15) is 54.4 Å². The highest BCUT2D eigenvalue weighted by atomic mass is 16.5. The van der Waals surface area contributed by atoms with Crippen molar-refractivity contribution in [2.75, 3.05) is 6.61 Å². The molecule has 0 saturated carbocycles. The van der Waals surface area contributed by atoms with E-state index in [2.05, 4.69) is 27.7 Å². The van der Waals surface area contributed by atoms with E-state index in [1.807, 2.05) is 0 Å². The summed E-state index contributed by atoms with van der Waals surface area (Å²) in [6.07, 6.45) is 2.21. The lowest BCUT2D eigenvalue weighted by atomic mass is 9.90. The van der Waals surface area contributed by atoms with Crippen LogP contribution in [-0.4, -0.2) is 23.3 Å². The monoisotopic (exact) mass is 244 g/mol. The molecule has 0 radical (unpaired) electrons. The standard InChI is InChI=1S/C14H28O3/c1-10(2)12(4)8-7-11(3)9-17-13(15)14(5,6)16/h10-12,16H,7-9H2,1-6H3. The predicted molar refractivity (Wildman–Crippen MR) is 69.7 cm³/mol. The average molecular weight is 244 g/mol. The van der Waals surface area contributed by atoms with Gasteiger partial charge in [-0.3, -0.25) is 0 Å². The van der Waals surface area contributed by atoms with Crippen molar-refractivity contribution >= 4 is 5.97 Å². The summed E-state index contributed by atoms with van der Waals surface area (Å²) in [7, 11) is 0.